The molecular weight excluding hydrogens is 312 g/mol. The van der Waals surface area contributed by atoms with E-state index < -0.39 is 0 Å². The summed E-state index contributed by atoms with van der Waals surface area (Å²) in [7, 11) is 0. The van der Waals surface area contributed by atoms with Gasteiger partial charge in [-0.15, -0.1) is 0 Å². The molecule has 0 amide bonds. The molecule has 0 aliphatic carbocycles. The van der Waals surface area contributed by atoms with Crippen LogP contribution in [-0.2, 0) is 6.54 Å². The van der Waals surface area contributed by atoms with E-state index in [0.717, 1.165) is 17.0 Å². The molecule has 0 aliphatic rings. The van der Waals surface area contributed by atoms with Gasteiger partial charge in [0.2, 0.25) is 0 Å². The Morgan fingerprint density at radius 3 is 2.63 bits per heavy atom. The second kappa shape index (κ2) is 5.44. The molecule has 100 valence electrons. The van der Waals surface area contributed by atoms with Crippen molar-refractivity contribution in [3.8, 4) is 0 Å². The summed E-state index contributed by atoms with van der Waals surface area (Å²) in [6.07, 6.45) is 0. The van der Waals surface area contributed by atoms with Crippen molar-refractivity contribution >= 4 is 27.3 Å². The van der Waals surface area contributed by atoms with Crippen LogP contribution in [0, 0.1) is 24.0 Å². The summed E-state index contributed by atoms with van der Waals surface area (Å²) in [6, 6.07) is 7.05. The summed E-state index contributed by atoms with van der Waals surface area (Å²) in [4.78, 5) is 10.5. The number of aryl methyl sites for hydroxylation is 2. The number of nitrogens with zero attached hydrogens (tertiary/aromatic N) is 1. The van der Waals surface area contributed by atoms with E-state index in [0.29, 0.717) is 16.8 Å². The highest BCUT2D eigenvalue weighted by atomic mass is 79.9. The maximum atomic E-state index is 10.8. The predicted octanol–water partition coefficient (Wildman–Crippen LogP) is 4.18. The third-order valence-corrected chi connectivity index (χ3v) is 3.25. The lowest BCUT2D eigenvalue weighted by atomic mass is 10.1. The lowest BCUT2D eigenvalue weighted by Gasteiger charge is -2.09. The maximum Gasteiger partial charge on any atom is 0.272 e. The van der Waals surface area contributed by atoms with E-state index in [9.17, 15) is 10.1 Å². The molecule has 0 unspecified atom stereocenters. The van der Waals surface area contributed by atoms with Crippen molar-refractivity contribution in [1.29, 1.82) is 0 Å². The summed E-state index contributed by atoms with van der Waals surface area (Å²) >= 11 is 3.24. The topological polar surface area (TPSA) is 68.3 Å². The molecule has 19 heavy (non-hydrogen) atoms. The molecule has 0 saturated carbocycles. The van der Waals surface area contributed by atoms with E-state index in [1.807, 2.05) is 19.1 Å². The minimum atomic E-state index is -0.365. The number of nitro groups is 1. The Labute approximate surface area is 118 Å². The van der Waals surface area contributed by atoms with Crippen LogP contribution in [0.5, 0.6) is 0 Å². The predicted molar refractivity (Wildman–Crippen MR) is 76.3 cm³/mol. The molecular formula is C13H13BrN2O3. The number of hydrogen-bond donors (Lipinski definition) is 1. The maximum absolute atomic E-state index is 10.8. The fourth-order valence-electron chi connectivity index (χ4n) is 1.82. The normalized spacial score (nSPS) is 10.5. The SMILES string of the molecule is Cc1cc([N+](=O)[O-])c(C)cc1NCc1ccc(Br)o1. The van der Waals surface area contributed by atoms with Gasteiger partial charge in [-0.1, -0.05) is 0 Å². The zero-order valence-electron chi connectivity index (χ0n) is 10.6. The highest BCUT2D eigenvalue weighted by Gasteiger charge is 2.13. The average Bonchev–Trinajstić information content (AvgIpc) is 2.75. The Kier molecular flexibility index (Phi) is 3.90. The molecule has 0 atom stereocenters. The third kappa shape index (κ3) is 3.14. The van der Waals surface area contributed by atoms with Gasteiger partial charge in [0.1, 0.15) is 5.76 Å². The highest BCUT2D eigenvalue weighted by molar-refractivity contribution is 9.10. The van der Waals surface area contributed by atoms with E-state index in [1.54, 1.807) is 19.1 Å². The second-order valence-electron chi connectivity index (χ2n) is 4.27. The summed E-state index contributed by atoms with van der Waals surface area (Å²) in [5, 5.41) is 14.0. The van der Waals surface area contributed by atoms with Crippen molar-refractivity contribution in [1.82, 2.24) is 0 Å². The minimum absolute atomic E-state index is 0.142. The van der Waals surface area contributed by atoms with Crippen molar-refractivity contribution in [2.45, 2.75) is 20.4 Å². The first-order chi connectivity index (χ1) is 8.97. The molecule has 6 heteroatoms. The molecule has 0 aliphatic heterocycles. The van der Waals surface area contributed by atoms with Crippen molar-refractivity contribution < 1.29 is 9.34 Å². The molecule has 2 aromatic rings. The Morgan fingerprint density at radius 2 is 2.05 bits per heavy atom. The Bertz CT molecular complexity index is 622. The molecule has 5 nitrogen and oxygen atoms in total. The van der Waals surface area contributed by atoms with E-state index in [-0.39, 0.29) is 10.6 Å². The largest absolute Gasteiger partial charge is 0.452 e. The lowest BCUT2D eigenvalue weighted by Crippen LogP contribution is -2.02. The van der Waals surface area contributed by atoms with Crippen molar-refractivity contribution in [3.05, 3.63) is 55.9 Å². The standard InChI is InChI=1S/C13H13BrN2O3/c1-8-6-12(16(17)18)9(2)5-11(8)15-7-10-3-4-13(14)19-10/h3-6,15H,7H2,1-2H3. The molecule has 1 aromatic heterocycles. The third-order valence-electron chi connectivity index (χ3n) is 2.82. The number of nitrogens with one attached hydrogen (secondary N) is 1. The van der Waals surface area contributed by atoms with Crippen LogP contribution in [0.4, 0.5) is 11.4 Å². The van der Waals surface area contributed by atoms with Gasteiger partial charge < -0.3 is 9.73 Å². The van der Waals surface area contributed by atoms with E-state index in [2.05, 4.69) is 21.2 Å². The van der Waals surface area contributed by atoms with Gasteiger partial charge in [0.15, 0.2) is 4.67 Å². The van der Waals surface area contributed by atoms with Crippen LogP contribution >= 0.6 is 15.9 Å². The Hall–Kier alpha value is -1.82. The molecule has 1 aromatic carbocycles. The number of hydrogen-bond acceptors (Lipinski definition) is 4. The van der Waals surface area contributed by atoms with Crippen LogP contribution in [-0.4, -0.2) is 4.92 Å². The number of halogens is 1. The Balaban J connectivity index is 2.17. The van der Waals surface area contributed by atoms with Crippen molar-refractivity contribution in [3.63, 3.8) is 0 Å². The molecule has 0 radical (unpaired) electrons. The number of nitro benzene ring substituents is 1. The number of rotatable bonds is 4. The first kappa shape index (κ1) is 13.6. The van der Waals surface area contributed by atoms with E-state index in [4.69, 9.17) is 4.42 Å². The van der Waals surface area contributed by atoms with Crippen LogP contribution in [0.1, 0.15) is 16.9 Å². The van der Waals surface area contributed by atoms with Crippen LogP contribution in [0.3, 0.4) is 0 Å². The van der Waals surface area contributed by atoms with Crippen LogP contribution in [0.25, 0.3) is 0 Å². The molecule has 0 bridgehead atoms. The van der Waals surface area contributed by atoms with Gasteiger partial charge in [0, 0.05) is 17.3 Å². The van der Waals surface area contributed by atoms with Crippen LogP contribution in [0.2, 0.25) is 0 Å². The van der Waals surface area contributed by atoms with Gasteiger partial charge in [-0.25, -0.2) is 0 Å². The monoisotopic (exact) mass is 324 g/mol. The fraction of sp³-hybridized carbons (Fsp3) is 0.231. The molecule has 0 saturated heterocycles. The molecule has 0 fully saturated rings. The lowest BCUT2D eigenvalue weighted by molar-refractivity contribution is -0.385. The summed E-state index contributed by atoms with van der Waals surface area (Å²) in [5.41, 5.74) is 2.49. The van der Waals surface area contributed by atoms with Gasteiger partial charge >= 0.3 is 0 Å². The molecule has 0 spiro atoms. The first-order valence-electron chi connectivity index (χ1n) is 5.71. The second-order valence-corrected chi connectivity index (χ2v) is 5.05. The van der Waals surface area contributed by atoms with Gasteiger partial charge in [-0.3, -0.25) is 10.1 Å². The summed E-state index contributed by atoms with van der Waals surface area (Å²) in [6.45, 7) is 4.10. The number of benzene rings is 1. The molecule has 1 heterocycles. The number of furan rings is 1. The molecule has 2 rings (SSSR count). The van der Waals surface area contributed by atoms with Crippen LogP contribution < -0.4 is 5.32 Å². The zero-order chi connectivity index (χ0) is 14.0. The highest BCUT2D eigenvalue weighted by Crippen LogP contribution is 2.26. The Morgan fingerprint density at radius 1 is 1.32 bits per heavy atom. The fourth-order valence-corrected chi connectivity index (χ4v) is 2.16. The van der Waals surface area contributed by atoms with E-state index >= 15 is 0 Å². The zero-order valence-corrected chi connectivity index (χ0v) is 12.2. The minimum Gasteiger partial charge on any atom is -0.452 e. The summed E-state index contributed by atoms with van der Waals surface area (Å²) in [5.74, 6) is 0.794. The van der Waals surface area contributed by atoms with Gasteiger partial charge in [0.05, 0.1) is 11.5 Å². The van der Waals surface area contributed by atoms with Gasteiger partial charge in [-0.2, -0.15) is 0 Å². The quantitative estimate of drug-likeness (QED) is 0.676. The van der Waals surface area contributed by atoms with Gasteiger partial charge in [-0.05, 0) is 53.5 Å². The number of anilines is 1. The van der Waals surface area contributed by atoms with Gasteiger partial charge in [0.25, 0.3) is 5.69 Å². The molecule has 1 N–H and O–H groups in total. The van der Waals surface area contributed by atoms with E-state index in [1.165, 1.54) is 0 Å². The van der Waals surface area contributed by atoms with Crippen molar-refractivity contribution in [2.75, 3.05) is 5.32 Å². The van der Waals surface area contributed by atoms with Crippen molar-refractivity contribution in [2.24, 2.45) is 0 Å². The van der Waals surface area contributed by atoms with Crippen LogP contribution in [0.15, 0.2) is 33.4 Å². The smallest absolute Gasteiger partial charge is 0.272 e. The first-order valence-corrected chi connectivity index (χ1v) is 6.50. The summed E-state index contributed by atoms with van der Waals surface area (Å²) < 4.78 is 6.06. The average molecular weight is 325 g/mol.